The highest BCUT2D eigenvalue weighted by molar-refractivity contribution is 5.74. The number of carbonyl (C=O) groups is 1. The molecule has 0 aliphatic carbocycles. The van der Waals surface area contributed by atoms with Crippen LogP contribution in [0.4, 0.5) is 4.79 Å². The Labute approximate surface area is 75.1 Å². The van der Waals surface area contributed by atoms with E-state index < -0.39 is 0 Å². The first-order valence-electron chi connectivity index (χ1n) is 4.76. The lowest BCUT2D eigenvalue weighted by Gasteiger charge is -2.30. The zero-order valence-corrected chi connectivity index (χ0v) is 8.55. The highest BCUT2D eigenvalue weighted by atomic mass is 16.2. The first kappa shape index (κ1) is 11.3. The molecule has 1 unspecified atom stereocenters. The van der Waals surface area contributed by atoms with Gasteiger partial charge < -0.3 is 10.2 Å². The fraction of sp³-hybridized carbons (Fsp3) is 0.889. The van der Waals surface area contributed by atoms with Gasteiger partial charge in [-0.3, -0.25) is 0 Å². The Bertz CT molecular complexity index is 136. The van der Waals surface area contributed by atoms with Crippen molar-refractivity contribution in [3.8, 4) is 0 Å². The van der Waals surface area contributed by atoms with Crippen molar-refractivity contribution in [1.29, 1.82) is 0 Å². The van der Waals surface area contributed by atoms with E-state index in [2.05, 4.69) is 12.2 Å². The van der Waals surface area contributed by atoms with Crippen LogP contribution < -0.4 is 5.32 Å². The van der Waals surface area contributed by atoms with Gasteiger partial charge in [-0.25, -0.2) is 4.79 Å². The molecule has 0 saturated carbocycles. The van der Waals surface area contributed by atoms with E-state index in [0.717, 1.165) is 19.6 Å². The van der Waals surface area contributed by atoms with E-state index in [1.807, 2.05) is 25.7 Å². The van der Waals surface area contributed by atoms with Gasteiger partial charge in [0, 0.05) is 19.6 Å². The number of nitrogens with one attached hydrogen (secondary N) is 1. The summed E-state index contributed by atoms with van der Waals surface area (Å²) in [5.41, 5.74) is 0. The molecule has 0 bridgehead atoms. The van der Waals surface area contributed by atoms with Gasteiger partial charge in [-0.15, -0.1) is 0 Å². The highest BCUT2D eigenvalue weighted by Crippen LogP contribution is 2.04. The maximum atomic E-state index is 11.0. The van der Waals surface area contributed by atoms with Crippen LogP contribution in [0.3, 0.4) is 0 Å². The molecule has 1 N–H and O–H groups in total. The summed E-state index contributed by atoms with van der Waals surface area (Å²) in [7, 11) is 0. The van der Waals surface area contributed by atoms with Crippen molar-refractivity contribution in [1.82, 2.24) is 10.2 Å². The van der Waals surface area contributed by atoms with Gasteiger partial charge in [0.05, 0.1) is 0 Å². The van der Waals surface area contributed by atoms with Crippen LogP contribution in [0.15, 0.2) is 0 Å². The van der Waals surface area contributed by atoms with E-state index in [1.54, 1.807) is 0 Å². The van der Waals surface area contributed by atoms with Crippen molar-refractivity contribution in [2.24, 2.45) is 5.92 Å². The lowest BCUT2D eigenvalue weighted by molar-refractivity contribution is 0.174. The van der Waals surface area contributed by atoms with Crippen LogP contribution in [0.1, 0.15) is 27.7 Å². The average Bonchev–Trinajstić information content (AvgIpc) is 2.13. The number of nitrogens with zero attached hydrogens (tertiary/aromatic N) is 1. The molecule has 0 aromatic heterocycles. The summed E-state index contributed by atoms with van der Waals surface area (Å²) in [5.74, 6) is 0.595. The second kappa shape index (κ2) is 5.86. The topological polar surface area (TPSA) is 32.3 Å². The molecule has 72 valence electrons. The fourth-order valence-corrected chi connectivity index (χ4v) is 1.17. The summed E-state index contributed by atoms with van der Waals surface area (Å²) in [6.07, 6.45) is 0. The molecule has 0 spiro atoms. The number of hydrogen-bond donors (Lipinski definition) is 1. The third-order valence-corrected chi connectivity index (χ3v) is 1.80. The van der Waals surface area contributed by atoms with E-state index in [4.69, 9.17) is 0 Å². The van der Waals surface area contributed by atoms with Crippen LogP contribution in [0.5, 0.6) is 0 Å². The zero-order valence-electron chi connectivity index (χ0n) is 8.55. The van der Waals surface area contributed by atoms with Crippen molar-refractivity contribution >= 4 is 6.03 Å². The Hall–Kier alpha value is -0.730. The highest BCUT2D eigenvalue weighted by Gasteiger charge is 2.19. The van der Waals surface area contributed by atoms with Crippen molar-refractivity contribution in [2.75, 3.05) is 19.6 Å². The van der Waals surface area contributed by atoms with Gasteiger partial charge in [0.1, 0.15) is 0 Å². The van der Waals surface area contributed by atoms with Gasteiger partial charge in [-0.2, -0.15) is 0 Å². The van der Waals surface area contributed by atoms with Crippen LogP contribution in [0.2, 0.25) is 0 Å². The smallest absolute Gasteiger partial charge is 0.317 e. The van der Waals surface area contributed by atoms with Crippen LogP contribution in [0, 0.1) is 5.92 Å². The molecule has 1 rings (SSSR count). The molecule has 1 fully saturated rings. The molecule has 1 saturated heterocycles. The van der Waals surface area contributed by atoms with Crippen molar-refractivity contribution < 1.29 is 4.79 Å². The first-order chi connectivity index (χ1) is 5.74. The second-order valence-corrected chi connectivity index (χ2v) is 2.83. The minimum atomic E-state index is 0.0839. The van der Waals surface area contributed by atoms with Gasteiger partial charge in [0.15, 0.2) is 0 Å². The first-order valence-corrected chi connectivity index (χ1v) is 4.76. The van der Waals surface area contributed by atoms with Gasteiger partial charge in [0.2, 0.25) is 0 Å². The Balaban J connectivity index is 0.000000561. The summed E-state index contributed by atoms with van der Waals surface area (Å²) >= 11 is 0. The predicted octanol–water partition coefficient (Wildman–Crippen LogP) is 1.69. The van der Waals surface area contributed by atoms with Crippen LogP contribution in [-0.4, -0.2) is 30.6 Å². The molecule has 2 amide bonds. The van der Waals surface area contributed by atoms with Gasteiger partial charge in [-0.05, 0) is 12.8 Å². The third kappa shape index (κ3) is 3.11. The van der Waals surface area contributed by atoms with E-state index in [1.165, 1.54) is 0 Å². The SMILES string of the molecule is CC.CCN1CC(C)CNC1=O. The molecule has 3 nitrogen and oxygen atoms in total. The number of hydrogen-bond acceptors (Lipinski definition) is 1. The molecule has 3 heteroatoms. The molecule has 1 aliphatic rings. The molecule has 0 radical (unpaired) electrons. The lowest BCUT2D eigenvalue weighted by atomic mass is 10.1. The molecule has 0 aromatic carbocycles. The van der Waals surface area contributed by atoms with E-state index in [-0.39, 0.29) is 6.03 Å². The number of amides is 2. The molecule has 12 heavy (non-hydrogen) atoms. The van der Waals surface area contributed by atoms with Gasteiger partial charge in [0.25, 0.3) is 0 Å². The summed E-state index contributed by atoms with van der Waals surface area (Å²) in [6, 6.07) is 0.0839. The Morgan fingerprint density at radius 1 is 1.58 bits per heavy atom. The molecule has 1 atom stereocenters. The van der Waals surface area contributed by atoms with Crippen LogP contribution >= 0.6 is 0 Å². The van der Waals surface area contributed by atoms with E-state index in [9.17, 15) is 4.79 Å². The van der Waals surface area contributed by atoms with Crippen molar-refractivity contribution in [3.63, 3.8) is 0 Å². The summed E-state index contributed by atoms with van der Waals surface area (Å²) in [5, 5.41) is 2.82. The second-order valence-electron chi connectivity index (χ2n) is 2.83. The minimum absolute atomic E-state index is 0.0839. The Morgan fingerprint density at radius 3 is 2.58 bits per heavy atom. The monoisotopic (exact) mass is 172 g/mol. The van der Waals surface area contributed by atoms with E-state index >= 15 is 0 Å². The average molecular weight is 172 g/mol. The summed E-state index contributed by atoms with van der Waals surface area (Å²) in [4.78, 5) is 12.8. The normalized spacial score (nSPS) is 22.5. The number of urea groups is 1. The molecular weight excluding hydrogens is 152 g/mol. The standard InChI is InChI=1S/C7H14N2O.C2H6/c1-3-9-5-6(2)4-8-7(9)10;1-2/h6H,3-5H2,1-2H3,(H,8,10);1-2H3. The zero-order chi connectivity index (χ0) is 9.56. The van der Waals surface area contributed by atoms with Crippen molar-refractivity contribution in [3.05, 3.63) is 0 Å². The van der Waals surface area contributed by atoms with Crippen LogP contribution in [-0.2, 0) is 0 Å². The third-order valence-electron chi connectivity index (χ3n) is 1.80. The predicted molar refractivity (Wildman–Crippen MR) is 51.2 cm³/mol. The maximum Gasteiger partial charge on any atom is 0.317 e. The van der Waals surface area contributed by atoms with E-state index in [0.29, 0.717) is 5.92 Å². The molecular formula is C9H20N2O. The summed E-state index contributed by atoms with van der Waals surface area (Å²) in [6.45, 7) is 10.7. The molecule has 1 heterocycles. The lowest BCUT2D eigenvalue weighted by Crippen LogP contribution is -2.49. The van der Waals surface area contributed by atoms with Gasteiger partial charge >= 0.3 is 6.03 Å². The Morgan fingerprint density at radius 2 is 2.17 bits per heavy atom. The van der Waals surface area contributed by atoms with Gasteiger partial charge in [-0.1, -0.05) is 20.8 Å². The molecule has 0 aromatic rings. The quantitative estimate of drug-likeness (QED) is 0.641. The minimum Gasteiger partial charge on any atom is -0.338 e. The van der Waals surface area contributed by atoms with Crippen molar-refractivity contribution in [2.45, 2.75) is 27.7 Å². The fourth-order valence-electron chi connectivity index (χ4n) is 1.17. The molecule has 1 aliphatic heterocycles. The largest absolute Gasteiger partial charge is 0.338 e. The summed E-state index contributed by atoms with van der Waals surface area (Å²) < 4.78 is 0. The van der Waals surface area contributed by atoms with Crippen LogP contribution in [0.25, 0.3) is 0 Å². The number of carbonyl (C=O) groups excluding carboxylic acids is 1. The maximum absolute atomic E-state index is 11.0. The number of rotatable bonds is 1. The Kier molecular flexibility index (Phi) is 5.51.